The molecule has 1 aromatic carbocycles. The second kappa shape index (κ2) is 5.16. The third-order valence-electron chi connectivity index (χ3n) is 3.64. The maximum Gasteiger partial charge on any atom is 0.355 e. The van der Waals surface area contributed by atoms with Crippen LogP contribution in [0.15, 0.2) is 29.4 Å². The Bertz CT molecular complexity index is 756. The van der Waals surface area contributed by atoms with E-state index in [1.165, 1.54) is 24.3 Å². The summed E-state index contributed by atoms with van der Waals surface area (Å²) in [4.78, 5) is 47.4. The first-order valence-corrected chi connectivity index (χ1v) is 6.49. The normalized spacial score (nSPS) is 22.5. The first-order valence-electron chi connectivity index (χ1n) is 6.49. The molecule has 0 bridgehead atoms. The number of benzene rings is 1. The number of nitro groups is 1. The van der Waals surface area contributed by atoms with Crippen LogP contribution in [0.3, 0.4) is 0 Å². The van der Waals surface area contributed by atoms with Crippen molar-refractivity contribution in [3.05, 3.63) is 34.4 Å². The van der Waals surface area contributed by atoms with Crippen LogP contribution in [-0.4, -0.2) is 41.6 Å². The molecule has 0 radical (unpaired) electrons. The van der Waals surface area contributed by atoms with E-state index in [-0.39, 0.29) is 17.1 Å². The van der Waals surface area contributed by atoms with E-state index in [0.29, 0.717) is 0 Å². The highest BCUT2D eigenvalue weighted by Crippen LogP contribution is 2.31. The van der Waals surface area contributed by atoms with Crippen molar-refractivity contribution in [2.24, 2.45) is 11.0 Å². The van der Waals surface area contributed by atoms with Gasteiger partial charge in [0.25, 0.3) is 11.6 Å². The number of rotatable bonds is 3. The van der Waals surface area contributed by atoms with Crippen molar-refractivity contribution in [3.8, 4) is 0 Å². The van der Waals surface area contributed by atoms with Gasteiger partial charge in [-0.25, -0.2) is 9.69 Å². The maximum atomic E-state index is 12.5. The molecule has 1 saturated heterocycles. The van der Waals surface area contributed by atoms with Crippen LogP contribution in [0, 0.1) is 16.0 Å². The second-order valence-corrected chi connectivity index (χ2v) is 4.86. The highest BCUT2D eigenvalue weighted by atomic mass is 16.6. The SMILES string of the molecule is COC(=O)C1=NN[C@@H]2C(=O)N(c3ccc([N+](=O)[O-])cc3)C(=O)[C@H]12. The number of non-ortho nitro benzene ring substituents is 1. The lowest BCUT2D eigenvalue weighted by molar-refractivity contribution is -0.384. The third kappa shape index (κ3) is 2.11. The predicted octanol–water partition coefficient (Wildman–Crippen LogP) is -0.415. The van der Waals surface area contributed by atoms with Crippen molar-refractivity contribution in [2.75, 3.05) is 12.0 Å². The summed E-state index contributed by atoms with van der Waals surface area (Å²) in [6, 6.07) is 3.99. The summed E-state index contributed by atoms with van der Waals surface area (Å²) in [6.45, 7) is 0. The Morgan fingerprint density at radius 2 is 1.96 bits per heavy atom. The van der Waals surface area contributed by atoms with Crippen molar-refractivity contribution in [2.45, 2.75) is 6.04 Å². The molecule has 2 aliphatic heterocycles. The number of hydrogen-bond donors (Lipinski definition) is 1. The zero-order chi connectivity index (χ0) is 16.7. The third-order valence-corrected chi connectivity index (χ3v) is 3.64. The minimum absolute atomic E-state index is 0.164. The number of ether oxygens (including phenoxy) is 1. The van der Waals surface area contributed by atoms with Gasteiger partial charge in [-0.1, -0.05) is 0 Å². The molecule has 3 rings (SSSR count). The van der Waals surface area contributed by atoms with Gasteiger partial charge >= 0.3 is 5.97 Å². The maximum absolute atomic E-state index is 12.5. The molecular formula is C13H10N4O6. The number of nitrogens with zero attached hydrogens (tertiary/aromatic N) is 3. The molecule has 118 valence electrons. The van der Waals surface area contributed by atoms with Crippen LogP contribution < -0.4 is 10.3 Å². The van der Waals surface area contributed by atoms with Crippen LogP contribution in [0.5, 0.6) is 0 Å². The van der Waals surface area contributed by atoms with Crippen LogP contribution in [0.2, 0.25) is 0 Å². The Kier molecular flexibility index (Phi) is 3.28. The van der Waals surface area contributed by atoms with Crippen LogP contribution in [0.1, 0.15) is 0 Å². The van der Waals surface area contributed by atoms with E-state index in [0.717, 1.165) is 12.0 Å². The van der Waals surface area contributed by atoms with Crippen molar-refractivity contribution >= 4 is 34.9 Å². The minimum atomic E-state index is -1.06. The summed E-state index contributed by atoms with van der Waals surface area (Å²) >= 11 is 0. The average Bonchev–Trinajstić information content (AvgIpc) is 3.08. The van der Waals surface area contributed by atoms with Crippen molar-refractivity contribution < 1.29 is 24.0 Å². The molecule has 2 aliphatic rings. The number of anilines is 1. The minimum Gasteiger partial charge on any atom is -0.464 e. The first-order chi connectivity index (χ1) is 11.0. The average molecular weight is 318 g/mol. The fraction of sp³-hybridized carbons (Fsp3) is 0.231. The summed E-state index contributed by atoms with van der Waals surface area (Å²) in [5, 5.41) is 14.3. The van der Waals surface area contributed by atoms with E-state index >= 15 is 0 Å². The molecule has 10 heteroatoms. The van der Waals surface area contributed by atoms with Crippen LogP contribution in [0.4, 0.5) is 11.4 Å². The Balaban J connectivity index is 1.92. The number of hydrogen-bond acceptors (Lipinski definition) is 8. The molecule has 1 aromatic rings. The molecule has 2 amide bonds. The lowest BCUT2D eigenvalue weighted by Crippen LogP contribution is -2.36. The molecule has 2 heterocycles. The number of nitrogens with one attached hydrogen (secondary N) is 1. The summed E-state index contributed by atoms with van der Waals surface area (Å²) in [5.74, 6) is -3.08. The highest BCUT2D eigenvalue weighted by molar-refractivity contribution is 6.46. The summed E-state index contributed by atoms with van der Waals surface area (Å²) in [6.07, 6.45) is 0. The standard InChI is InChI=1S/C13H10N4O6/c1-23-13(20)10-8-9(14-15-10)12(19)16(11(8)18)6-2-4-7(5-3-6)17(21)22/h2-5,8-9,14H,1H3/t8-,9-/m0/s1. The molecule has 0 spiro atoms. The Morgan fingerprint density at radius 1 is 1.30 bits per heavy atom. The molecule has 1 fully saturated rings. The van der Waals surface area contributed by atoms with E-state index in [2.05, 4.69) is 15.3 Å². The van der Waals surface area contributed by atoms with E-state index in [1.54, 1.807) is 0 Å². The van der Waals surface area contributed by atoms with Crippen LogP contribution >= 0.6 is 0 Å². The van der Waals surface area contributed by atoms with Gasteiger partial charge in [0.2, 0.25) is 5.91 Å². The monoisotopic (exact) mass is 318 g/mol. The first kappa shape index (κ1) is 14.6. The number of carbonyl (C=O) groups excluding carboxylic acids is 3. The number of fused-ring (bicyclic) bond motifs is 1. The van der Waals surface area contributed by atoms with Gasteiger partial charge in [-0.3, -0.25) is 25.1 Å². The number of amides is 2. The zero-order valence-electron chi connectivity index (χ0n) is 11.8. The van der Waals surface area contributed by atoms with Gasteiger partial charge in [-0.05, 0) is 12.1 Å². The van der Waals surface area contributed by atoms with Crippen LogP contribution in [-0.2, 0) is 19.1 Å². The lowest BCUT2D eigenvalue weighted by atomic mass is 9.99. The molecule has 0 aliphatic carbocycles. The predicted molar refractivity (Wildman–Crippen MR) is 75.5 cm³/mol. The van der Waals surface area contributed by atoms with Gasteiger partial charge in [0.05, 0.1) is 17.7 Å². The topological polar surface area (TPSA) is 131 Å². The van der Waals surface area contributed by atoms with Crippen molar-refractivity contribution in [1.29, 1.82) is 0 Å². The zero-order valence-corrected chi connectivity index (χ0v) is 11.8. The molecule has 23 heavy (non-hydrogen) atoms. The van der Waals surface area contributed by atoms with E-state index in [1.807, 2.05) is 0 Å². The van der Waals surface area contributed by atoms with E-state index < -0.39 is 34.7 Å². The molecular weight excluding hydrogens is 308 g/mol. The number of imide groups is 1. The molecule has 0 aromatic heterocycles. The second-order valence-electron chi connectivity index (χ2n) is 4.86. The fourth-order valence-corrected chi connectivity index (χ4v) is 2.54. The molecule has 10 nitrogen and oxygen atoms in total. The molecule has 1 N–H and O–H groups in total. The van der Waals surface area contributed by atoms with Crippen molar-refractivity contribution in [1.82, 2.24) is 5.43 Å². The number of esters is 1. The number of carbonyl (C=O) groups is 3. The van der Waals surface area contributed by atoms with E-state index in [9.17, 15) is 24.5 Å². The van der Waals surface area contributed by atoms with Gasteiger partial charge < -0.3 is 4.74 Å². The largest absolute Gasteiger partial charge is 0.464 e. The summed E-state index contributed by atoms with van der Waals surface area (Å²) in [7, 11) is 1.15. The smallest absolute Gasteiger partial charge is 0.355 e. The van der Waals surface area contributed by atoms with E-state index in [4.69, 9.17) is 0 Å². The summed E-state index contributed by atoms with van der Waals surface area (Å²) < 4.78 is 4.54. The lowest BCUT2D eigenvalue weighted by Gasteiger charge is -2.15. The molecule has 0 saturated carbocycles. The Labute approximate surface area is 128 Å². The number of nitro benzene ring substituents is 1. The highest BCUT2D eigenvalue weighted by Gasteiger charge is 2.55. The summed E-state index contributed by atoms with van der Waals surface area (Å²) in [5.41, 5.74) is 2.32. The van der Waals surface area contributed by atoms with Gasteiger partial charge in [0.15, 0.2) is 5.71 Å². The van der Waals surface area contributed by atoms with Gasteiger partial charge in [0.1, 0.15) is 12.0 Å². The number of hydrazone groups is 1. The van der Waals surface area contributed by atoms with Gasteiger partial charge in [0, 0.05) is 12.1 Å². The number of methoxy groups -OCH3 is 1. The van der Waals surface area contributed by atoms with Gasteiger partial charge in [-0.2, -0.15) is 5.10 Å². The Morgan fingerprint density at radius 3 is 2.52 bits per heavy atom. The van der Waals surface area contributed by atoms with Gasteiger partial charge in [-0.15, -0.1) is 0 Å². The quantitative estimate of drug-likeness (QED) is 0.346. The van der Waals surface area contributed by atoms with Crippen molar-refractivity contribution in [3.63, 3.8) is 0 Å². The van der Waals surface area contributed by atoms with Crippen LogP contribution in [0.25, 0.3) is 0 Å². The fourth-order valence-electron chi connectivity index (χ4n) is 2.54. The molecule has 0 unspecified atom stereocenters. The molecule has 2 atom stereocenters. The Hall–Kier alpha value is -3.30.